The van der Waals surface area contributed by atoms with Crippen LogP contribution >= 0.6 is 0 Å². The zero-order chi connectivity index (χ0) is 26.7. The number of rotatable bonds is 10. The lowest BCUT2D eigenvalue weighted by atomic mass is 9.84. The maximum Gasteiger partial charge on any atom is 0.277 e. The number of aromatic nitrogens is 4. The summed E-state index contributed by atoms with van der Waals surface area (Å²) in [6, 6.07) is 4.69. The Morgan fingerprint density at radius 2 is 1.95 bits per heavy atom. The van der Waals surface area contributed by atoms with Gasteiger partial charge in [-0.1, -0.05) is 20.3 Å². The second kappa shape index (κ2) is 11.3. The highest BCUT2D eigenvalue weighted by Gasteiger charge is 2.32. The molecule has 202 valence electrons. The number of sulfonamides is 1. The number of hydrogen-bond acceptors (Lipinski definition) is 7. The molecule has 2 N–H and O–H groups in total. The molecule has 37 heavy (non-hydrogen) atoms. The van der Waals surface area contributed by atoms with Gasteiger partial charge in [-0.25, -0.2) is 17.9 Å². The first-order chi connectivity index (χ1) is 17.7. The number of imidazole rings is 1. The van der Waals surface area contributed by atoms with Gasteiger partial charge in [-0.15, -0.1) is 5.10 Å². The molecule has 0 spiro atoms. The average Bonchev–Trinajstić information content (AvgIpc) is 3.21. The Kier molecular flexibility index (Phi) is 8.35. The Bertz CT molecular complexity index is 1400. The first-order valence-electron chi connectivity index (χ1n) is 13.1. The summed E-state index contributed by atoms with van der Waals surface area (Å²) in [5, 5.41) is 14.3. The van der Waals surface area contributed by atoms with E-state index >= 15 is 0 Å². The summed E-state index contributed by atoms with van der Waals surface area (Å²) < 4.78 is 36.1. The number of aliphatic hydroxyl groups is 1. The molecule has 10 nitrogen and oxygen atoms in total. The normalized spacial score (nSPS) is 16.4. The third kappa shape index (κ3) is 5.30. The summed E-state index contributed by atoms with van der Waals surface area (Å²) in [5.74, 6) is 1.85. The smallest absolute Gasteiger partial charge is 0.277 e. The van der Waals surface area contributed by atoms with Crippen LogP contribution in [0, 0.1) is 18.8 Å². The molecule has 1 atom stereocenters. The number of fused-ring (bicyclic) bond motifs is 1. The van der Waals surface area contributed by atoms with E-state index in [1.54, 1.807) is 23.6 Å². The van der Waals surface area contributed by atoms with Gasteiger partial charge < -0.3 is 14.8 Å². The monoisotopic (exact) mass is 531 g/mol. The van der Waals surface area contributed by atoms with E-state index in [0.29, 0.717) is 73.2 Å². The van der Waals surface area contributed by atoms with E-state index in [-0.39, 0.29) is 28.8 Å². The van der Waals surface area contributed by atoms with Crippen LogP contribution < -0.4 is 10.3 Å². The Morgan fingerprint density at radius 1 is 1.22 bits per heavy atom. The Balaban J connectivity index is 1.74. The standard InChI is InChI=1S/C26H37N5O5S/c1-5-8-23-27-17(4)24-26(33)28-25(29-31(23)24)21-15-20(9-10-22(21)36-7-3)37(34,35)30-13-11-19(12-14-30)18(6-2)16-32/h9-10,15,18-19,32H,5-8,11-14,16H2,1-4H3,(H,28,29,33). The predicted octanol–water partition coefficient (Wildman–Crippen LogP) is 3.16. The molecule has 1 saturated heterocycles. The fourth-order valence-electron chi connectivity index (χ4n) is 5.23. The largest absolute Gasteiger partial charge is 0.493 e. The molecule has 0 aliphatic carbocycles. The van der Waals surface area contributed by atoms with Gasteiger partial charge in [-0.05, 0) is 63.1 Å². The first-order valence-corrected chi connectivity index (χ1v) is 14.6. The number of hydrogen-bond donors (Lipinski definition) is 2. The van der Waals surface area contributed by atoms with Crippen LogP contribution in [0.2, 0.25) is 0 Å². The van der Waals surface area contributed by atoms with Crippen LogP contribution in [0.5, 0.6) is 5.75 Å². The van der Waals surface area contributed by atoms with Gasteiger partial charge in [0.1, 0.15) is 11.6 Å². The maximum atomic E-state index is 13.6. The lowest BCUT2D eigenvalue weighted by Gasteiger charge is -2.34. The number of nitrogens with one attached hydrogen (secondary N) is 1. The van der Waals surface area contributed by atoms with Gasteiger partial charge in [0.05, 0.1) is 22.8 Å². The minimum atomic E-state index is -3.78. The van der Waals surface area contributed by atoms with Crippen molar-refractivity contribution in [1.29, 1.82) is 0 Å². The Hall–Kier alpha value is -2.76. The SMILES string of the molecule is CCCc1nc(C)c2c(=O)[nH]c(-c3cc(S(=O)(=O)N4CCC(C(CC)CO)CC4)ccc3OCC)nn12. The zero-order valence-electron chi connectivity index (χ0n) is 22.0. The van der Waals surface area contributed by atoms with Gasteiger partial charge >= 0.3 is 0 Å². The second-order valence-corrected chi connectivity index (χ2v) is 11.5. The first kappa shape index (κ1) is 27.3. The molecular weight excluding hydrogens is 494 g/mol. The number of aryl methyl sites for hydroxylation is 2. The summed E-state index contributed by atoms with van der Waals surface area (Å²) in [4.78, 5) is 20.5. The predicted molar refractivity (Wildman–Crippen MR) is 141 cm³/mol. The van der Waals surface area contributed by atoms with Crippen LogP contribution in [-0.4, -0.2) is 63.7 Å². The van der Waals surface area contributed by atoms with Gasteiger partial charge in [0.2, 0.25) is 10.0 Å². The fourth-order valence-corrected chi connectivity index (χ4v) is 6.72. The second-order valence-electron chi connectivity index (χ2n) is 9.61. The van der Waals surface area contributed by atoms with E-state index in [9.17, 15) is 18.3 Å². The minimum absolute atomic E-state index is 0.122. The lowest BCUT2D eigenvalue weighted by Crippen LogP contribution is -2.40. The lowest BCUT2D eigenvalue weighted by molar-refractivity contribution is 0.131. The van der Waals surface area contributed by atoms with E-state index in [4.69, 9.17) is 4.74 Å². The summed E-state index contributed by atoms with van der Waals surface area (Å²) in [5.41, 5.74) is 1.03. The molecule has 0 amide bonds. The van der Waals surface area contributed by atoms with Crippen LogP contribution in [0.1, 0.15) is 58.0 Å². The maximum absolute atomic E-state index is 13.6. The molecule has 11 heteroatoms. The van der Waals surface area contributed by atoms with Crippen molar-refractivity contribution in [2.75, 3.05) is 26.3 Å². The fraction of sp³-hybridized carbons (Fsp3) is 0.577. The number of nitrogens with zero attached hydrogens (tertiary/aromatic N) is 4. The molecule has 2 aromatic heterocycles. The molecule has 0 bridgehead atoms. The summed E-state index contributed by atoms with van der Waals surface area (Å²) in [6.45, 7) is 9.00. The van der Waals surface area contributed by atoms with Crippen LogP contribution in [-0.2, 0) is 16.4 Å². The highest BCUT2D eigenvalue weighted by atomic mass is 32.2. The molecule has 3 heterocycles. The molecule has 0 saturated carbocycles. The van der Waals surface area contributed by atoms with E-state index in [0.717, 1.165) is 12.8 Å². The minimum Gasteiger partial charge on any atom is -0.493 e. The molecule has 1 aromatic carbocycles. The van der Waals surface area contributed by atoms with Crippen molar-refractivity contribution in [3.05, 3.63) is 40.1 Å². The third-order valence-corrected chi connectivity index (χ3v) is 9.18. The Labute approximate surface area is 217 Å². The van der Waals surface area contributed by atoms with Crippen LogP contribution in [0.3, 0.4) is 0 Å². The number of aliphatic hydroxyl groups excluding tert-OH is 1. The molecule has 1 aliphatic rings. The van der Waals surface area contributed by atoms with Gasteiger partial charge in [0, 0.05) is 26.1 Å². The number of piperidine rings is 1. The van der Waals surface area contributed by atoms with Crippen molar-refractivity contribution >= 4 is 15.5 Å². The van der Waals surface area contributed by atoms with E-state index < -0.39 is 10.0 Å². The summed E-state index contributed by atoms with van der Waals surface area (Å²) >= 11 is 0. The van der Waals surface area contributed by atoms with Gasteiger partial charge in [0.15, 0.2) is 11.3 Å². The molecule has 4 rings (SSSR count). The number of aromatic amines is 1. The van der Waals surface area contributed by atoms with Gasteiger partial charge in [-0.3, -0.25) is 4.79 Å². The molecule has 1 aliphatic heterocycles. The third-order valence-electron chi connectivity index (χ3n) is 7.28. The molecule has 1 fully saturated rings. The molecule has 0 radical (unpaired) electrons. The van der Waals surface area contributed by atoms with E-state index in [1.165, 1.54) is 10.4 Å². The molecule has 3 aromatic rings. The van der Waals surface area contributed by atoms with Crippen molar-refractivity contribution in [3.8, 4) is 17.1 Å². The highest BCUT2D eigenvalue weighted by Crippen LogP contribution is 2.34. The summed E-state index contributed by atoms with van der Waals surface area (Å²) in [7, 11) is -3.78. The van der Waals surface area contributed by atoms with Crippen molar-refractivity contribution in [1.82, 2.24) is 23.9 Å². The zero-order valence-corrected chi connectivity index (χ0v) is 22.8. The van der Waals surface area contributed by atoms with Crippen LogP contribution in [0.15, 0.2) is 27.9 Å². The van der Waals surface area contributed by atoms with E-state index in [2.05, 4.69) is 22.0 Å². The number of ether oxygens (including phenoxy) is 1. The Morgan fingerprint density at radius 3 is 2.57 bits per heavy atom. The van der Waals surface area contributed by atoms with E-state index in [1.807, 2.05) is 13.8 Å². The number of benzene rings is 1. The van der Waals surface area contributed by atoms with Gasteiger partial charge in [-0.2, -0.15) is 4.31 Å². The quantitative estimate of drug-likeness (QED) is 0.411. The molecular formula is C26H37N5O5S. The van der Waals surface area contributed by atoms with Crippen molar-refractivity contribution in [2.45, 2.75) is 64.7 Å². The summed E-state index contributed by atoms with van der Waals surface area (Å²) in [6.07, 6.45) is 3.81. The molecule has 1 unspecified atom stereocenters. The van der Waals surface area contributed by atoms with Crippen molar-refractivity contribution in [2.24, 2.45) is 11.8 Å². The van der Waals surface area contributed by atoms with Gasteiger partial charge in [0.25, 0.3) is 5.56 Å². The highest BCUT2D eigenvalue weighted by molar-refractivity contribution is 7.89. The van der Waals surface area contributed by atoms with Crippen molar-refractivity contribution < 1.29 is 18.3 Å². The van der Waals surface area contributed by atoms with Crippen LogP contribution in [0.4, 0.5) is 0 Å². The van der Waals surface area contributed by atoms with Crippen LogP contribution in [0.25, 0.3) is 16.9 Å². The van der Waals surface area contributed by atoms with Crippen molar-refractivity contribution in [3.63, 3.8) is 0 Å². The topological polar surface area (TPSA) is 130 Å². The average molecular weight is 532 g/mol. The number of H-pyrrole nitrogens is 1.